The maximum absolute atomic E-state index is 11.7. The van der Waals surface area contributed by atoms with Crippen molar-refractivity contribution < 1.29 is 14.4 Å². The van der Waals surface area contributed by atoms with Gasteiger partial charge in [-0.25, -0.2) is 0 Å². The Balaban J connectivity index is 2.35. The first kappa shape index (κ1) is 16.8. The van der Waals surface area contributed by atoms with Gasteiger partial charge in [-0.2, -0.15) is 0 Å². The zero-order valence-corrected chi connectivity index (χ0v) is 12.8. The molecule has 1 aromatic carbocycles. The number of benzene rings is 1. The zero-order valence-electron chi connectivity index (χ0n) is 12.8. The van der Waals surface area contributed by atoms with Crippen molar-refractivity contribution in [1.29, 1.82) is 0 Å². The molecule has 1 amide bonds. The van der Waals surface area contributed by atoms with E-state index in [1.54, 1.807) is 31.4 Å². The molecule has 0 aliphatic carbocycles. The van der Waals surface area contributed by atoms with Crippen LogP contribution in [0.15, 0.2) is 29.4 Å². The Kier molecular flexibility index (Phi) is 7.08. The highest BCUT2D eigenvalue weighted by molar-refractivity contribution is 5.91. The third kappa shape index (κ3) is 7.20. The fourth-order valence-electron chi connectivity index (χ4n) is 1.55. The molecular weight excluding hydrogens is 270 g/mol. The molecule has 0 aliphatic rings. The third-order valence-corrected chi connectivity index (χ3v) is 2.71. The van der Waals surface area contributed by atoms with Crippen molar-refractivity contribution in [1.82, 2.24) is 0 Å². The largest absolute Gasteiger partial charge is 0.497 e. The lowest BCUT2D eigenvalue weighted by Gasteiger charge is -2.07. The van der Waals surface area contributed by atoms with E-state index in [0.29, 0.717) is 29.6 Å². The molecule has 6 heteroatoms. The van der Waals surface area contributed by atoms with Crippen LogP contribution in [0.4, 0.5) is 5.69 Å². The Labute approximate surface area is 125 Å². The van der Waals surface area contributed by atoms with E-state index in [2.05, 4.69) is 24.3 Å². The van der Waals surface area contributed by atoms with Gasteiger partial charge in [-0.15, -0.1) is 0 Å². The van der Waals surface area contributed by atoms with Crippen molar-refractivity contribution in [3.8, 4) is 5.75 Å². The number of rotatable bonds is 8. The normalized spacial score (nSPS) is 11.3. The van der Waals surface area contributed by atoms with E-state index in [1.165, 1.54) is 0 Å². The number of anilines is 1. The molecule has 0 unspecified atom stereocenters. The molecule has 0 bridgehead atoms. The zero-order chi connectivity index (χ0) is 15.7. The number of ether oxygens (including phenoxy) is 1. The molecule has 1 rings (SSSR count). The van der Waals surface area contributed by atoms with Crippen LogP contribution in [0.2, 0.25) is 0 Å². The summed E-state index contributed by atoms with van der Waals surface area (Å²) in [5.41, 5.74) is 6.31. The molecule has 0 fully saturated rings. The second kappa shape index (κ2) is 8.84. The summed E-state index contributed by atoms with van der Waals surface area (Å²) in [6.45, 7) is 4.03. The van der Waals surface area contributed by atoms with E-state index in [0.717, 1.165) is 6.42 Å². The average Bonchev–Trinajstić information content (AvgIpc) is 2.45. The van der Waals surface area contributed by atoms with E-state index in [4.69, 9.17) is 15.3 Å². The minimum absolute atomic E-state index is 0.181. The minimum Gasteiger partial charge on any atom is -0.497 e. The Hall–Kier alpha value is -2.24. The van der Waals surface area contributed by atoms with Gasteiger partial charge in [-0.1, -0.05) is 25.1 Å². The van der Waals surface area contributed by atoms with Crippen LogP contribution < -0.4 is 15.8 Å². The van der Waals surface area contributed by atoms with Crippen LogP contribution in [0.25, 0.3) is 0 Å². The molecule has 6 nitrogen and oxygen atoms in total. The van der Waals surface area contributed by atoms with Crippen LogP contribution in [0.1, 0.15) is 26.7 Å². The summed E-state index contributed by atoms with van der Waals surface area (Å²) in [6.07, 6.45) is 1.60. The smallest absolute Gasteiger partial charge is 0.265 e. The van der Waals surface area contributed by atoms with Crippen molar-refractivity contribution in [2.75, 3.05) is 19.0 Å². The summed E-state index contributed by atoms with van der Waals surface area (Å²) in [5.74, 6) is 1.32. The van der Waals surface area contributed by atoms with Crippen LogP contribution >= 0.6 is 0 Å². The van der Waals surface area contributed by atoms with Gasteiger partial charge < -0.3 is 20.6 Å². The van der Waals surface area contributed by atoms with Gasteiger partial charge in [-0.3, -0.25) is 4.79 Å². The molecule has 116 valence electrons. The third-order valence-electron chi connectivity index (χ3n) is 2.71. The molecule has 0 radical (unpaired) electrons. The standard InChI is InChI=1S/C15H23N3O3/c1-11(2)7-8-14(16)18-21-10-15(19)17-12-5-4-6-13(9-12)20-3/h4-6,9,11H,7-8,10H2,1-3H3,(H2,16,18)(H,17,19). The Morgan fingerprint density at radius 3 is 2.86 bits per heavy atom. The fraction of sp³-hybridized carbons (Fsp3) is 0.467. The second-order valence-corrected chi connectivity index (χ2v) is 5.07. The number of nitrogens with zero attached hydrogens (tertiary/aromatic N) is 1. The predicted molar refractivity (Wildman–Crippen MR) is 83.3 cm³/mol. The maximum Gasteiger partial charge on any atom is 0.265 e. The predicted octanol–water partition coefficient (Wildman–Crippen LogP) is 2.36. The van der Waals surface area contributed by atoms with Crippen molar-refractivity contribution >= 4 is 17.4 Å². The van der Waals surface area contributed by atoms with Crippen LogP contribution in [0.3, 0.4) is 0 Å². The van der Waals surface area contributed by atoms with E-state index >= 15 is 0 Å². The number of hydrogen-bond donors (Lipinski definition) is 2. The van der Waals surface area contributed by atoms with Crippen molar-refractivity contribution in [2.45, 2.75) is 26.7 Å². The van der Waals surface area contributed by atoms with Crippen molar-refractivity contribution in [3.63, 3.8) is 0 Å². The molecule has 3 N–H and O–H groups in total. The topological polar surface area (TPSA) is 85.9 Å². The molecule has 0 aromatic heterocycles. The minimum atomic E-state index is -0.302. The van der Waals surface area contributed by atoms with E-state index in [9.17, 15) is 4.79 Å². The van der Waals surface area contributed by atoms with E-state index in [-0.39, 0.29) is 12.5 Å². The fourth-order valence-corrected chi connectivity index (χ4v) is 1.55. The van der Waals surface area contributed by atoms with Crippen molar-refractivity contribution in [3.05, 3.63) is 24.3 Å². The van der Waals surface area contributed by atoms with Gasteiger partial charge in [0.15, 0.2) is 6.61 Å². The van der Waals surface area contributed by atoms with Crippen LogP contribution in [0, 0.1) is 5.92 Å². The molecular formula is C15H23N3O3. The Morgan fingerprint density at radius 1 is 1.43 bits per heavy atom. The van der Waals surface area contributed by atoms with Gasteiger partial charge in [0, 0.05) is 18.2 Å². The van der Waals surface area contributed by atoms with Gasteiger partial charge in [0.1, 0.15) is 11.6 Å². The molecule has 21 heavy (non-hydrogen) atoms. The van der Waals surface area contributed by atoms with Gasteiger partial charge >= 0.3 is 0 Å². The highest BCUT2D eigenvalue weighted by Gasteiger charge is 2.04. The van der Waals surface area contributed by atoms with Crippen LogP contribution in [0.5, 0.6) is 5.75 Å². The average molecular weight is 293 g/mol. The quantitative estimate of drug-likeness (QED) is 0.437. The highest BCUT2D eigenvalue weighted by atomic mass is 16.6. The van der Waals surface area contributed by atoms with Gasteiger partial charge in [-0.05, 0) is 24.5 Å². The lowest BCUT2D eigenvalue weighted by molar-refractivity contribution is -0.120. The monoisotopic (exact) mass is 293 g/mol. The first-order chi connectivity index (χ1) is 10.0. The number of amides is 1. The summed E-state index contributed by atoms with van der Waals surface area (Å²) in [7, 11) is 1.57. The first-order valence-corrected chi connectivity index (χ1v) is 6.89. The van der Waals surface area contributed by atoms with Gasteiger partial charge in [0.05, 0.1) is 7.11 Å². The number of carbonyl (C=O) groups is 1. The summed E-state index contributed by atoms with van der Waals surface area (Å²) < 4.78 is 5.07. The van der Waals surface area contributed by atoms with Crippen molar-refractivity contribution in [2.24, 2.45) is 16.8 Å². The lowest BCUT2D eigenvalue weighted by atomic mass is 10.1. The number of nitrogens with two attached hydrogens (primary N) is 1. The summed E-state index contributed by atoms with van der Waals surface area (Å²) in [5, 5.41) is 6.41. The molecule has 0 atom stereocenters. The van der Waals surface area contributed by atoms with Crippen LogP contribution in [-0.4, -0.2) is 25.5 Å². The summed E-state index contributed by atoms with van der Waals surface area (Å²) in [6, 6.07) is 7.07. The number of carbonyl (C=O) groups excluding carboxylic acids is 1. The Morgan fingerprint density at radius 2 is 2.19 bits per heavy atom. The molecule has 0 saturated carbocycles. The van der Waals surface area contributed by atoms with E-state index < -0.39 is 0 Å². The summed E-state index contributed by atoms with van der Waals surface area (Å²) in [4.78, 5) is 16.6. The van der Waals surface area contributed by atoms with Crippen LogP contribution in [-0.2, 0) is 9.63 Å². The molecule has 0 saturated heterocycles. The highest BCUT2D eigenvalue weighted by Crippen LogP contribution is 2.16. The molecule has 0 spiro atoms. The number of hydrogen-bond acceptors (Lipinski definition) is 4. The molecule has 0 heterocycles. The number of nitrogens with one attached hydrogen (secondary N) is 1. The number of methoxy groups -OCH3 is 1. The maximum atomic E-state index is 11.7. The molecule has 0 aliphatic heterocycles. The summed E-state index contributed by atoms with van der Waals surface area (Å²) >= 11 is 0. The number of amidine groups is 1. The lowest BCUT2D eigenvalue weighted by Crippen LogP contribution is -2.19. The Bertz CT molecular complexity index is 487. The number of oxime groups is 1. The van der Waals surface area contributed by atoms with E-state index in [1.807, 2.05) is 0 Å². The first-order valence-electron chi connectivity index (χ1n) is 6.89. The second-order valence-electron chi connectivity index (χ2n) is 5.07. The molecule has 1 aromatic rings. The van der Waals surface area contributed by atoms with Gasteiger partial charge in [0.2, 0.25) is 0 Å². The SMILES string of the molecule is COc1cccc(NC(=O)CO/N=C(\N)CCC(C)C)c1. The van der Waals surface area contributed by atoms with Gasteiger partial charge in [0.25, 0.3) is 5.91 Å².